The molecule has 2 aromatic rings. The molecule has 0 aromatic heterocycles. The molecule has 10 heteroatoms. The molecule has 0 radical (unpaired) electrons. The molecule has 0 unspecified atom stereocenters. The molecule has 7 nitrogen and oxygen atoms in total. The van der Waals surface area contributed by atoms with E-state index < -0.39 is 15.8 Å². The van der Waals surface area contributed by atoms with E-state index in [-0.39, 0.29) is 42.0 Å². The summed E-state index contributed by atoms with van der Waals surface area (Å²) < 4.78 is 45.6. The Labute approximate surface area is 186 Å². The van der Waals surface area contributed by atoms with Crippen LogP contribution < -0.4 is 4.90 Å². The first-order valence-electron chi connectivity index (χ1n) is 10.0. The first-order chi connectivity index (χ1) is 14.9. The van der Waals surface area contributed by atoms with Gasteiger partial charge in [0.05, 0.1) is 23.1 Å². The van der Waals surface area contributed by atoms with Gasteiger partial charge < -0.3 is 14.5 Å². The second-order valence-corrected chi connectivity index (χ2v) is 9.76. The summed E-state index contributed by atoms with van der Waals surface area (Å²) in [4.78, 5) is 16.7. The molecule has 4 rings (SSSR count). The van der Waals surface area contributed by atoms with Gasteiger partial charge in [0.1, 0.15) is 5.82 Å². The lowest BCUT2D eigenvalue weighted by molar-refractivity contribution is 0.0698. The third-order valence-corrected chi connectivity index (χ3v) is 7.73. The van der Waals surface area contributed by atoms with Crippen LogP contribution in [-0.4, -0.2) is 76.0 Å². The number of ether oxygens (including phenoxy) is 1. The highest BCUT2D eigenvalue weighted by Gasteiger charge is 2.31. The van der Waals surface area contributed by atoms with Crippen LogP contribution in [-0.2, 0) is 14.8 Å². The molecule has 0 N–H and O–H groups in total. The van der Waals surface area contributed by atoms with E-state index in [0.717, 1.165) is 30.9 Å². The zero-order chi connectivity index (χ0) is 22.0. The van der Waals surface area contributed by atoms with Crippen LogP contribution in [0, 0.1) is 5.82 Å². The van der Waals surface area contributed by atoms with E-state index in [2.05, 4.69) is 4.90 Å². The van der Waals surface area contributed by atoms with Crippen molar-refractivity contribution in [2.75, 3.05) is 57.4 Å². The fourth-order valence-electron chi connectivity index (χ4n) is 3.74. The monoisotopic (exact) mass is 467 g/mol. The van der Waals surface area contributed by atoms with E-state index in [0.29, 0.717) is 18.8 Å². The number of anilines is 1. The Morgan fingerprint density at radius 2 is 1.58 bits per heavy atom. The highest BCUT2D eigenvalue weighted by atomic mass is 35.5. The molecule has 1 amide bonds. The van der Waals surface area contributed by atoms with Crippen molar-refractivity contribution in [1.29, 1.82) is 0 Å². The number of morpholine rings is 1. The minimum absolute atomic E-state index is 0.0580. The third kappa shape index (κ3) is 4.69. The zero-order valence-corrected chi connectivity index (χ0v) is 18.4. The van der Waals surface area contributed by atoms with E-state index in [9.17, 15) is 17.6 Å². The average Bonchev–Trinajstić information content (AvgIpc) is 2.81. The molecule has 31 heavy (non-hydrogen) atoms. The molecule has 2 aliphatic heterocycles. The fraction of sp³-hybridized carbons (Fsp3) is 0.381. The Morgan fingerprint density at radius 3 is 2.19 bits per heavy atom. The molecule has 2 heterocycles. The van der Waals surface area contributed by atoms with Crippen LogP contribution in [0.2, 0.25) is 5.02 Å². The number of nitrogens with zero attached hydrogens (tertiary/aromatic N) is 3. The topological polar surface area (TPSA) is 70.2 Å². The minimum Gasteiger partial charge on any atom is -0.378 e. The number of rotatable bonds is 4. The molecule has 2 aliphatic rings. The standard InChI is InChI=1S/C21H23ClFN3O4S/c22-19-15-18(5-6-20(19)23)31(28,29)26-9-7-25(8-10-26)21(27)16-1-3-17(4-2-16)24-11-13-30-14-12-24/h1-6,15H,7-14H2. The minimum atomic E-state index is -3.80. The largest absolute Gasteiger partial charge is 0.378 e. The van der Waals surface area contributed by atoms with Crippen molar-refractivity contribution in [1.82, 2.24) is 9.21 Å². The summed E-state index contributed by atoms with van der Waals surface area (Å²) in [6.07, 6.45) is 0. The highest BCUT2D eigenvalue weighted by molar-refractivity contribution is 7.89. The molecule has 2 fully saturated rings. The van der Waals surface area contributed by atoms with Crippen LogP contribution in [0.5, 0.6) is 0 Å². The van der Waals surface area contributed by atoms with E-state index in [1.165, 1.54) is 10.4 Å². The number of halogens is 2. The van der Waals surface area contributed by atoms with Gasteiger partial charge in [-0.25, -0.2) is 12.8 Å². The quantitative estimate of drug-likeness (QED) is 0.691. The molecule has 0 bridgehead atoms. The van der Waals surface area contributed by atoms with Crippen molar-refractivity contribution < 1.29 is 22.3 Å². The summed E-state index contributed by atoms with van der Waals surface area (Å²) in [5.41, 5.74) is 1.62. The molecule has 0 aliphatic carbocycles. The number of carbonyl (C=O) groups is 1. The number of amides is 1. The third-order valence-electron chi connectivity index (χ3n) is 5.55. The molecule has 2 saturated heterocycles. The van der Waals surface area contributed by atoms with Gasteiger partial charge in [0, 0.05) is 50.5 Å². The molecule has 0 saturated carbocycles. The first kappa shape index (κ1) is 22.0. The predicted octanol–water partition coefficient (Wildman–Crippen LogP) is 2.46. The number of hydrogen-bond acceptors (Lipinski definition) is 5. The predicted molar refractivity (Wildman–Crippen MR) is 116 cm³/mol. The van der Waals surface area contributed by atoms with Crippen molar-refractivity contribution in [3.8, 4) is 0 Å². The number of sulfonamides is 1. The first-order valence-corrected chi connectivity index (χ1v) is 11.9. The van der Waals surface area contributed by atoms with Crippen LogP contribution in [0.25, 0.3) is 0 Å². The Morgan fingerprint density at radius 1 is 0.935 bits per heavy atom. The Kier molecular flexibility index (Phi) is 6.47. The maximum Gasteiger partial charge on any atom is 0.253 e. The van der Waals surface area contributed by atoms with Crippen molar-refractivity contribution in [3.05, 3.63) is 58.9 Å². The average molecular weight is 468 g/mol. The summed E-state index contributed by atoms with van der Waals surface area (Å²) in [5, 5.41) is -0.240. The van der Waals surface area contributed by atoms with Crippen molar-refractivity contribution in [3.63, 3.8) is 0 Å². The van der Waals surface area contributed by atoms with E-state index in [1.807, 2.05) is 12.1 Å². The van der Waals surface area contributed by atoms with Gasteiger partial charge in [0.15, 0.2) is 0 Å². The van der Waals surface area contributed by atoms with Gasteiger partial charge in [-0.3, -0.25) is 4.79 Å². The summed E-state index contributed by atoms with van der Waals surface area (Å²) >= 11 is 5.73. The summed E-state index contributed by atoms with van der Waals surface area (Å²) in [6, 6.07) is 10.8. The Balaban J connectivity index is 1.39. The lowest BCUT2D eigenvalue weighted by atomic mass is 10.1. The van der Waals surface area contributed by atoms with Gasteiger partial charge in [-0.1, -0.05) is 11.6 Å². The number of carbonyl (C=O) groups excluding carboxylic acids is 1. The van der Waals surface area contributed by atoms with E-state index in [1.54, 1.807) is 17.0 Å². The maximum atomic E-state index is 13.4. The van der Waals surface area contributed by atoms with Gasteiger partial charge in [0.25, 0.3) is 5.91 Å². The second-order valence-electron chi connectivity index (χ2n) is 7.42. The molecule has 0 spiro atoms. The lowest BCUT2D eigenvalue weighted by Gasteiger charge is -2.34. The Hall–Kier alpha value is -2.20. The molecular weight excluding hydrogens is 445 g/mol. The van der Waals surface area contributed by atoms with E-state index in [4.69, 9.17) is 16.3 Å². The van der Waals surface area contributed by atoms with Gasteiger partial charge >= 0.3 is 0 Å². The normalized spacial score (nSPS) is 18.3. The van der Waals surface area contributed by atoms with Crippen LogP contribution in [0.1, 0.15) is 10.4 Å². The second kappa shape index (κ2) is 9.12. The van der Waals surface area contributed by atoms with Crippen LogP contribution >= 0.6 is 11.6 Å². The number of benzene rings is 2. The lowest BCUT2D eigenvalue weighted by Crippen LogP contribution is -2.50. The Bertz CT molecular complexity index is 1050. The molecule has 0 atom stereocenters. The SMILES string of the molecule is O=C(c1ccc(N2CCOCC2)cc1)N1CCN(S(=O)(=O)c2ccc(F)c(Cl)c2)CC1. The van der Waals surface area contributed by atoms with Crippen molar-refractivity contribution in [2.24, 2.45) is 0 Å². The van der Waals surface area contributed by atoms with Crippen molar-refractivity contribution in [2.45, 2.75) is 4.90 Å². The van der Waals surface area contributed by atoms with Gasteiger partial charge in [0.2, 0.25) is 10.0 Å². The fourth-order valence-corrected chi connectivity index (χ4v) is 5.43. The zero-order valence-electron chi connectivity index (χ0n) is 16.8. The smallest absolute Gasteiger partial charge is 0.253 e. The van der Waals surface area contributed by atoms with Crippen molar-refractivity contribution >= 4 is 33.2 Å². The highest BCUT2D eigenvalue weighted by Crippen LogP contribution is 2.24. The summed E-state index contributed by atoms with van der Waals surface area (Å²) in [7, 11) is -3.80. The number of piperazine rings is 1. The van der Waals surface area contributed by atoms with Gasteiger partial charge in [-0.2, -0.15) is 4.31 Å². The van der Waals surface area contributed by atoms with Gasteiger partial charge in [-0.15, -0.1) is 0 Å². The molecule has 2 aromatic carbocycles. The van der Waals surface area contributed by atoms with Crippen LogP contribution in [0.4, 0.5) is 10.1 Å². The molecular formula is C21H23ClFN3O4S. The van der Waals surface area contributed by atoms with Crippen LogP contribution in [0.3, 0.4) is 0 Å². The summed E-state index contributed by atoms with van der Waals surface area (Å²) in [6.45, 7) is 3.91. The van der Waals surface area contributed by atoms with Crippen LogP contribution in [0.15, 0.2) is 47.4 Å². The van der Waals surface area contributed by atoms with Gasteiger partial charge in [-0.05, 0) is 42.5 Å². The number of hydrogen-bond donors (Lipinski definition) is 0. The summed E-state index contributed by atoms with van der Waals surface area (Å²) in [5.74, 6) is -0.800. The maximum absolute atomic E-state index is 13.4. The van der Waals surface area contributed by atoms with E-state index >= 15 is 0 Å². The molecule has 166 valence electrons.